The number of benzene rings is 3. The maximum atomic E-state index is 13.6. The molecule has 0 spiro atoms. The van der Waals surface area contributed by atoms with Gasteiger partial charge in [-0.1, -0.05) is 18.2 Å². The molecule has 129 valence electrons. The SMILES string of the molecule is Cc1c[c]c2c3c(C(N)=O)cccc3n(Cc3ccc(F)c(F)c3)c2c1. The average molecular weight is 349 g/mol. The van der Waals surface area contributed by atoms with Crippen LogP contribution in [0.1, 0.15) is 21.5 Å². The fourth-order valence-electron chi connectivity index (χ4n) is 3.36. The number of hydrogen-bond donors (Lipinski definition) is 1. The number of aryl methyl sites for hydroxylation is 1. The first-order chi connectivity index (χ1) is 12.5. The molecule has 0 aliphatic heterocycles. The number of halogens is 2. The average Bonchev–Trinajstić information content (AvgIpc) is 2.91. The number of primary amides is 1. The maximum absolute atomic E-state index is 13.6. The number of nitrogens with two attached hydrogens (primary N) is 1. The van der Waals surface area contributed by atoms with E-state index in [1.165, 1.54) is 6.07 Å². The van der Waals surface area contributed by atoms with Crippen LogP contribution in [0.5, 0.6) is 0 Å². The number of aromatic nitrogens is 1. The molecule has 3 nitrogen and oxygen atoms in total. The number of fused-ring (bicyclic) bond motifs is 3. The fourth-order valence-corrected chi connectivity index (χ4v) is 3.36. The van der Waals surface area contributed by atoms with Gasteiger partial charge in [0.2, 0.25) is 5.91 Å². The summed E-state index contributed by atoms with van der Waals surface area (Å²) in [6.45, 7) is 2.28. The van der Waals surface area contributed by atoms with Crippen LogP contribution in [0.3, 0.4) is 0 Å². The van der Waals surface area contributed by atoms with Gasteiger partial charge in [0.15, 0.2) is 11.6 Å². The Morgan fingerprint density at radius 2 is 1.92 bits per heavy atom. The summed E-state index contributed by atoms with van der Waals surface area (Å²) in [6, 6.07) is 16.2. The molecule has 1 heterocycles. The zero-order valence-corrected chi connectivity index (χ0v) is 14.0. The number of carbonyl (C=O) groups is 1. The third kappa shape index (κ3) is 2.52. The molecule has 0 atom stereocenters. The predicted molar refractivity (Wildman–Crippen MR) is 97.0 cm³/mol. The first kappa shape index (κ1) is 16.3. The first-order valence-electron chi connectivity index (χ1n) is 8.12. The van der Waals surface area contributed by atoms with E-state index in [9.17, 15) is 13.6 Å². The summed E-state index contributed by atoms with van der Waals surface area (Å²) in [4.78, 5) is 11.9. The van der Waals surface area contributed by atoms with Gasteiger partial charge >= 0.3 is 0 Å². The fraction of sp³-hybridized carbons (Fsp3) is 0.0952. The smallest absolute Gasteiger partial charge is 0.249 e. The Kier molecular flexibility index (Phi) is 3.72. The predicted octanol–water partition coefficient (Wildman–Crippen LogP) is 4.33. The molecule has 0 saturated carbocycles. The van der Waals surface area contributed by atoms with Gasteiger partial charge in [-0.25, -0.2) is 8.78 Å². The second kappa shape index (κ2) is 5.95. The van der Waals surface area contributed by atoms with E-state index in [0.717, 1.165) is 33.4 Å². The van der Waals surface area contributed by atoms with Gasteiger partial charge in [0.1, 0.15) is 0 Å². The van der Waals surface area contributed by atoms with Crippen molar-refractivity contribution in [1.29, 1.82) is 0 Å². The Hall–Kier alpha value is -3.21. The number of nitrogens with zero attached hydrogens (tertiary/aromatic N) is 1. The second-order valence-electron chi connectivity index (χ2n) is 6.34. The van der Waals surface area contributed by atoms with Gasteiger partial charge in [0.05, 0.1) is 11.0 Å². The number of amides is 1. The van der Waals surface area contributed by atoms with E-state index in [2.05, 4.69) is 6.07 Å². The standard InChI is InChI=1S/C21H15F2N2O/c1-12-5-7-14-19(9-12)25(11-13-6-8-16(22)17(23)10-13)18-4-2-3-15(20(14)18)21(24)26/h2-6,8-10H,11H2,1H3,(H2,24,26). The number of rotatable bonds is 3. The summed E-state index contributed by atoms with van der Waals surface area (Å²) in [5.41, 5.74) is 9.24. The molecule has 26 heavy (non-hydrogen) atoms. The van der Waals surface area contributed by atoms with Gasteiger partial charge < -0.3 is 10.3 Å². The van der Waals surface area contributed by atoms with E-state index in [-0.39, 0.29) is 0 Å². The van der Waals surface area contributed by atoms with Gasteiger partial charge in [-0.05, 0) is 54.4 Å². The summed E-state index contributed by atoms with van der Waals surface area (Å²) in [6.07, 6.45) is 0. The molecule has 1 radical (unpaired) electrons. The first-order valence-corrected chi connectivity index (χ1v) is 8.12. The molecule has 0 aliphatic rings. The van der Waals surface area contributed by atoms with Gasteiger partial charge in [0.25, 0.3) is 0 Å². The third-order valence-corrected chi connectivity index (χ3v) is 4.53. The summed E-state index contributed by atoms with van der Waals surface area (Å²) < 4.78 is 28.8. The number of hydrogen-bond acceptors (Lipinski definition) is 1. The Bertz CT molecular complexity index is 1180. The largest absolute Gasteiger partial charge is 0.366 e. The molecule has 5 heteroatoms. The van der Waals surface area contributed by atoms with Crippen LogP contribution in [0.2, 0.25) is 0 Å². The molecule has 0 aliphatic carbocycles. The summed E-state index contributed by atoms with van der Waals surface area (Å²) >= 11 is 0. The van der Waals surface area contributed by atoms with Crippen molar-refractivity contribution in [2.45, 2.75) is 13.5 Å². The highest BCUT2D eigenvalue weighted by Gasteiger charge is 2.17. The van der Waals surface area contributed by atoms with E-state index in [1.54, 1.807) is 18.2 Å². The monoisotopic (exact) mass is 349 g/mol. The Labute approximate surface area is 148 Å². The second-order valence-corrected chi connectivity index (χ2v) is 6.34. The van der Waals surface area contributed by atoms with Crippen LogP contribution >= 0.6 is 0 Å². The highest BCUT2D eigenvalue weighted by molar-refractivity contribution is 6.17. The lowest BCUT2D eigenvalue weighted by molar-refractivity contribution is 0.100. The van der Waals surface area contributed by atoms with Gasteiger partial charge in [0, 0.05) is 22.9 Å². The topological polar surface area (TPSA) is 48.0 Å². The van der Waals surface area contributed by atoms with E-state index in [4.69, 9.17) is 5.73 Å². The van der Waals surface area contributed by atoms with Gasteiger partial charge in [-0.15, -0.1) is 0 Å². The molecule has 4 aromatic rings. The normalized spacial score (nSPS) is 11.3. The Morgan fingerprint density at radius 3 is 2.65 bits per heavy atom. The molecule has 1 aromatic heterocycles. The molecule has 1 amide bonds. The zero-order chi connectivity index (χ0) is 18.4. The zero-order valence-electron chi connectivity index (χ0n) is 14.0. The lowest BCUT2D eigenvalue weighted by Gasteiger charge is -2.09. The molecule has 3 aromatic carbocycles. The highest BCUT2D eigenvalue weighted by atomic mass is 19.2. The maximum Gasteiger partial charge on any atom is 0.249 e. The molecule has 0 unspecified atom stereocenters. The van der Waals surface area contributed by atoms with Crippen LogP contribution in [-0.2, 0) is 6.54 Å². The lowest BCUT2D eigenvalue weighted by Crippen LogP contribution is -2.11. The summed E-state index contributed by atoms with van der Waals surface area (Å²) in [5, 5.41) is 1.50. The minimum atomic E-state index is -0.885. The third-order valence-electron chi connectivity index (χ3n) is 4.53. The molecule has 0 bridgehead atoms. The van der Waals surface area contributed by atoms with Crippen molar-refractivity contribution >= 4 is 27.7 Å². The van der Waals surface area contributed by atoms with Crippen LogP contribution in [0.4, 0.5) is 8.78 Å². The molecule has 0 saturated heterocycles. The van der Waals surface area contributed by atoms with Crippen LogP contribution in [0.25, 0.3) is 21.8 Å². The summed E-state index contributed by atoms with van der Waals surface area (Å²) in [7, 11) is 0. The van der Waals surface area contributed by atoms with Crippen molar-refractivity contribution in [3.8, 4) is 0 Å². The Morgan fingerprint density at radius 1 is 1.12 bits per heavy atom. The van der Waals surface area contributed by atoms with Crippen LogP contribution in [0, 0.1) is 24.6 Å². The summed E-state index contributed by atoms with van der Waals surface area (Å²) in [5.74, 6) is -2.28. The van der Waals surface area contributed by atoms with Crippen molar-refractivity contribution in [1.82, 2.24) is 4.57 Å². The quantitative estimate of drug-likeness (QED) is 0.588. The van der Waals surface area contributed by atoms with Gasteiger partial charge in [-0.3, -0.25) is 4.79 Å². The van der Waals surface area contributed by atoms with E-state index in [1.807, 2.05) is 29.7 Å². The van der Waals surface area contributed by atoms with E-state index < -0.39 is 17.5 Å². The van der Waals surface area contributed by atoms with Crippen molar-refractivity contribution in [2.75, 3.05) is 0 Å². The molecule has 2 N–H and O–H groups in total. The molecule has 4 rings (SSSR count). The van der Waals surface area contributed by atoms with Crippen molar-refractivity contribution in [3.05, 3.63) is 82.9 Å². The van der Waals surface area contributed by atoms with E-state index >= 15 is 0 Å². The molecular formula is C21H15F2N2O. The van der Waals surface area contributed by atoms with Crippen LogP contribution in [0.15, 0.2) is 48.5 Å². The van der Waals surface area contributed by atoms with Crippen molar-refractivity contribution in [2.24, 2.45) is 5.73 Å². The van der Waals surface area contributed by atoms with Crippen molar-refractivity contribution in [3.63, 3.8) is 0 Å². The molecule has 0 fully saturated rings. The lowest BCUT2D eigenvalue weighted by atomic mass is 10.1. The molecular weight excluding hydrogens is 334 g/mol. The number of carbonyl (C=O) groups excluding carboxylic acids is 1. The minimum absolute atomic E-state index is 0.330. The van der Waals surface area contributed by atoms with Crippen LogP contribution in [-0.4, -0.2) is 10.5 Å². The van der Waals surface area contributed by atoms with Crippen LogP contribution < -0.4 is 5.73 Å². The Balaban J connectivity index is 2.03. The highest BCUT2D eigenvalue weighted by Crippen LogP contribution is 2.32. The van der Waals surface area contributed by atoms with E-state index in [0.29, 0.717) is 17.7 Å². The van der Waals surface area contributed by atoms with Gasteiger partial charge in [-0.2, -0.15) is 0 Å². The van der Waals surface area contributed by atoms with Crippen molar-refractivity contribution < 1.29 is 13.6 Å². The minimum Gasteiger partial charge on any atom is -0.366 e.